The van der Waals surface area contributed by atoms with Crippen LogP contribution in [0, 0.1) is 0 Å². The normalized spacial score (nSPS) is 13.4. The standard InChI is InChI=1S/C5H6F3NO/c1-2-3(9)4(10)5(6,7)8/h2H,9H2,1H3. The van der Waals surface area contributed by atoms with E-state index < -0.39 is 17.7 Å². The van der Waals surface area contributed by atoms with E-state index in [9.17, 15) is 18.0 Å². The second-order valence-electron chi connectivity index (χ2n) is 1.57. The van der Waals surface area contributed by atoms with Crippen molar-refractivity contribution < 1.29 is 18.0 Å². The van der Waals surface area contributed by atoms with Gasteiger partial charge in [0.15, 0.2) is 0 Å². The fourth-order valence-corrected chi connectivity index (χ4v) is 0.295. The second-order valence-corrected chi connectivity index (χ2v) is 1.57. The zero-order valence-electron chi connectivity index (χ0n) is 5.20. The summed E-state index contributed by atoms with van der Waals surface area (Å²) in [5, 5.41) is 0. The monoisotopic (exact) mass is 153 g/mol. The number of hydrogen-bond donors (Lipinski definition) is 1. The predicted octanol–water partition coefficient (Wildman–Crippen LogP) is 0.980. The molecule has 2 nitrogen and oxygen atoms in total. The Hall–Kier alpha value is -1.00. The third-order valence-corrected chi connectivity index (χ3v) is 0.831. The van der Waals surface area contributed by atoms with Gasteiger partial charge >= 0.3 is 6.18 Å². The summed E-state index contributed by atoms with van der Waals surface area (Å²) in [6.07, 6.45) is -3.94. The summed E-state index contributed by atoms with van der Waals surface area (Å²) in [6, 6.07) is 0. The minimum Gasteiger partial charge on any atom is -0.396 e. The zero-order chi connectivity index (χ0) is 8.36. The van der Waals surface area contributed by atoms with Crippen molar-refractivity contribution in [3.05, 3.63) is 11.8 Å². The summed E-state index contributed by atoms with van der Waals surface area (Å²) in [5.74, 6) is -1.99. The lowest BCUT2D eigenvalue weighted by Crippen LogP contribution is -2.28. The van der Waals surface area contributed by atoms with Crippen molar-refractivity contribution in [1.82, 2.24) is 0 Å². The number of allylic oxidation sites excluding steroid dienone is 2. The maximum absolute atomic E-state index is 11.4. The number of alkyl halides is 3. The van der Waals surface area contributed by atoms with Crippen molar-refractivity contribution >= 4 is 5.78 Å². The van der Waals surface area contributed by atoms with Crippen LogP contribution in [0.4, 0.5) is 13.2 Å². The van der Waals surface area contributed by atoms with E-state index in [2.05, 4.69) is 0 Å². The molecule has 10 heavy (non-hydrogen) atoms. The number of rotatable bonds is 1. The number of hydrogen-bond acceptors (Lipinski definition) is 2. The quantitative estimate of drug-likeness (QED) is 0.570. The molecule has 0 radical (unpaired) electrons. The molecule has 0 unspecified atom stereocenters. The summed E-state index contributed by atoms with van der Waals surface area (Å²) in [4.78, 5) is 10.1. The first-order valence-electron chi connectivity index (χ1n) is 2.43. The summed E-state index contributed by atoms with van der Waals surface area (Å²) < 4.78 is 34.2. The Kier molecular flexibility index (Phi) is 2.45. The summed E-state index contributed by atoms with van der Waals surface area (Å²) in [5.41, 5.74) is 3.92. The Bertz CT molecular complexity index is 170. The molecule has 0 bridgehead atoms. The summed E-state index contributed by atoms with van der Waals surface area (Å²) in [6.45, 7) is 1.26. The Labute approximate surface area is 55.5 Å². The molecule has 0 spiro atoms. The average Bonchev–Trinajstić information content (AvgIpc) is 1.83. The van der Waals surface area contributed by atoms with Gasteiger partial charge in [0.05, 0.1) is 5.70 Å². The fourth-order valence-electron chi connectivity index (χ4n) is 0.295. The number of ketones is 1. The first-order valence-corrected chi connectivity index (χ1v) is 2.43. The average molecular weight is 153 g/mol. The Balaban J connectivity index is 4.39. The smallest absolute Gasteiger partial charge is 0.396 e. The molecule has 0 aliphatic rings. The van der Waals surface area contributed by atoms with Gasteiger partial charge < -0.3 is 5.73 Å². The van der Waals surface area contributed by atoms with Gasteiger partial charge in [0.2, 0.25) is 0 Å². The largest absolute Gasteiger partial charge is 0.456 e. The van der Waals surface area contributed by atoms with Crippen LogP contribution in [0.1, 0.15) is 6.92 Å². The summed E-state index contributed by atoms with van der Waals surface area (Å²) in [7, 11) is 0. The van der Waals surface area contributed by atoms with Crippen molar-refractivity contribution in [3.63, 3.8) is 0 Å². The van der Waals surface area contributed by atoms with Crippen LogP contribution in [0.3, 0.4) is 0 Å². The third kappa shape index (κ3) is 2.08. The van der Waals surface area contributed by atoms with Crippen LogP contribution in [0.5, 0.6) is 0 Å². The maximum atomic E-state index is 11.4. The molecule has 5 heteroatoms. The van der Waals surface area contributed by atoms with Crippen molar-refractivity contribution in [3.8, 4) is 0 Å². The highest BCUT2D eigenvalue weighted by atomic mass is 19.4. The van der Waals surface area contributed by atoms with Crippen LogP contribution in [-0.4, -0.2) is 12.0 Å². The molecule has 0 fully saturated rings. The van der Waals surface area contributed by atoms with Crippen molar-refractivity contribution in [1.29, 1.82) is 0 Å². The molecule has 0 atom stereocenters. The first kappa shape index (κ1) is 9.00. The van der Waals surface area contributed by atoms with Gasteiger partial charge in [-0.1, -0.05) is 6.08 Å². The highest BCUT2D eigenvalue weighted by molar-refractivity contribution is 5.98. The lowest BCUT2D eigenvalue weighted by molar-refractivity contribution is -0.166. The van der Waals surface area contributed by atoms with Crippen molar-refractivity contribution in [2.24, 2.45) is 5.73 Å². The Morgan fingerprint density at radius 3 is 2.00 bits per heavy atom. The third-order valence-electron chi connectivity index (χ3n) is 0.831. The lowest BCUT2D eigenvalue weighted by atomic mass is 10.3. The van der Waals surface area contributed by atoms with Gasteiger partial charge in [-0.15, -0.1) is 0 Å². The SMILES string of the molecule is CC=C(N)C(=O)C(F)(F)F. The predicted molar refractivity (Wildman–Crippen MR) is 29.0 cm³/mol. The van der Waals surface area contributed by atoms with Crippen molar-refractivity contribution in [2.75, 3.05) is 0 Å². The topological polar surface area (TPSA) is 43.1 Å². The molecule has 0 aromatic rings. The van der Waals surface area contributed by atoms with Gasteiger partial charge in [-0.2, -0.15) is 13.2 Å². The minimum absolute atomic E-state index is 0.771. The number of carbonyl (C=O) groups is 1. The van der Waals surface area contributed by atoms with Crippen LogP contribution in [-0.2, 0) is 4.79 Å². The van der Waals surface area contributed by atoms with Crippen LogP contribution in [0.15, 0.2) is 11.8 Å². The Morgan fingerprint density at radius 1 is 1.50 bits per heavy atom. The molecular formula is C5H6F3NO. The minimum atomic E-state index is -4.85. The van der Waals surface area contributed by atoms with Gasteiger partial charge in [0, 0.05) is 0 Å². The van der Waals surface area contributed by atoms with Crippen molar-refractivity contribution in [2.45, 2.75) is 13.1 Å². The van der Waals surface area contributed by atoms with E-state index in [0.29, 0.717) is 0 Å². The number of carbonyl (C=O) groups excluding carboxylic acids is 1. The molecule has 0 amide bonds. The Morgan fingerprint density at radius 2 is 1.90 bits per heavy atom. The number of halogens is 3. The lowest BCUT2D eigenvalue weighted by Gasteiger charge is -2.02. The van der Waals surface area contributed by atoms with E-state index >= 15 is 0 Å². The number of Topliss-reactive ketones (excluding diaryl/α,β-unsaturated/α-hetero) is 1. The van der Waals surface area contributed by atoms with Crippen LogP contribution >= 0.6 is 0 Å². The second kappa shape index (κ2) is 2.72. The maximum Gasteiger partial charge on any atom is 0.456 e. The molecule has 0 aliphatic heterocycles. The van der Waals surface area contributed by atoms with Gasteiger partial charge in [-0.25, -0.2) is 0 Å². The fraction of sp³-hybridized carbons (Fsp3) is 0.400. The molecule has 0 rings (SSSR count). The van der Waals surface area contributed by atoms with Crippen LogP contribution < -0.4 is 5.73 Å². The number of nitrogens with two attached hydrogens (primary N) is 1. The molecule has 0 aliphatic carbocycles. The molecule has 0 aromatic carbocycles. The van der Waals surface area contributed by atoms with Crippen LogP contribution in [0.2, 0.25) is 0 Å². The first-order chi connectivity index (χ1) is 4.39. The molecule has 2 N–H and O–H groups in total. The zero-order valence-corrected chi connectivity index (χ0v) is 5.20. The highest BCUT2D eigenvalue weighted by Gasteiger charge is 2.39. The van der Waals surface area contributed by atoms with E-state index in [-0.39, 0.29) is 0 Å². The molecular weight excluding hydrogens is 147 g/mol. The van der Waals surface area contributed by atoms with E-state index in [1.807, 2.05) is 0 Å². The molecule has 0 saturated carbocycles. The molecule has 0 saturated heterocycles. The molecule has 0 aromatic heterocycles. The van der Waals surface area contributed by atoms with E-state index in [1.165, 1.54) is 6.92 Å². The van der Waals surface area contributed by atoms with Crippen LogP contribution in [0.25, 0.3) is 0 Å². The van der Waals surface area contributed by atoms with Gasteiger partial charge in [-0.3, -0.25) is 4.79 Å². The van der Waals surface area contributed by atoms with Gasteiger partial charge in [-0.05, 0) is 6.92 Å². The van der Waals surface area contributed by atoms with Gasteiger partial charge in [0.25, 0.3) is 5.78 Å². The molecule has 0 heterocycles. The van der Waals surface area contributed by atoms with E-state index in [1.54, 1.807) is 0 Å². The summed E-state index contributed by atoms with van der Waals surface area (Å²) >= 11 is 0. The van der Waals surface area contributed by atoms with E-state index in [4.69, 9.17) is 5.73 Å². The van der Waals surface area contributed by atoms with E-state index in [0.717, 1.165) is 6.08 Å². The molecule has 58 valence electrons. The highest BCUT2D eigenvalue weighted by Crippen LogP contribution is 2.18. The van der Waals surface area contributed by atoms with Gasteiger partial charge in [0.1, 0.15) is 0 Å².